The van der Waals surface area contributed by atoms with Crippen LogP contribution in [0.5, 0.6) is 0 Å². The van der Waals surface area contributed by atoms with Crippen LogP contribution >= 0.6 is 0 Å². The second-order valence-corrected chi connectivity index (χ2v) is 12.5. The molecule has 2 atom stereocenters. The van der Waals surface area contributed by atoms with Gasteiger partial charge in [0.25, 0.3) is 0 Å². The first kappa shape index (κ1) is 24.9. The molecule has 3 N–H and O–H groups in total. The molecule has 6 rings (SSSR count). The molecule has 0 spiro atoms. The summed E-state index contributed by atoms with van der Waals surface area (Å²) in [5, 5.41) is 28.1. The number of aromatic amines is 2. The van der Waals surface area contributed by atoms with Crippen LogP contribution < -0.4 is 0 Å². The summed E-state index contributed by atoms with van der Waals surface area (Å²) < 4.78 is 28.7. The van der Waals surface area contributed by atoms with Crippen LogP contribution in [0.1, 0.15) is 54.6 Å². The summed E-state index contributed by atoms with van der Waals surface area (Å²) in [7, 11) is -3.93. The predicted octanol–water partition coefficient (Wildman–Crippen LogP) is 4.87. The van der Waals surface area contributed by atoms with Crippen LogP contribution in [0.4, 0.5) is 0 Å². The third-order valence-corrected chi connectivity index (χ3v) is 9.67. The molecule has 1 aliphatic rings. The Morgan fingerprint density at radius 3 is 2.74 bits per heavy atom. The molecule has 2 unspecified atom stereocenters. The molecule has 2 aromatic carbocycles. The Bertz CT molecular complexity index is 1970. The Morgan fingerprint density at radius 2 is 2.00 bits per heavy atom. The topological polar surface area (TPSA) is 140 Å². The predicted molar refractivity (Wildman–Crippen MR) is 149 cm³/mol. The van der Waals surface area contributed by atoms with E-state index in [1.165, 1.54) is 3.97 Å². The van der Waals surface area contributed by atoms with E-state index in [9.17, 15) is 18.8 Å². The number of nitrogens with zero attached hydrogens (tertiary/aromatic N) is 4. The molecule has 3 aromatic heterocycles. The largest absolute Gasteiger partial charge is 0.380 e. The number of aryl methyl sites for hydroxylation is 1. The maximum Gasteiger partial charge on any atom is 0.248 e. The Hall–Kier alpha value is -4.46. The second kappa shape index (κ2) is 8.80. The minimum Gasteiger partial charge on any atom is -0.380 e. The van der Waals surface area contributed by atoms with Crippen molar-refractivity contribution >= 4 is 37.5 Å². The lowest BCUT2D eigenvalue weighted by molar-refractivity contribution is 0.213. The third kappa shape index (κ3) is 3.90. The van der Waals surface area contributed by atoms with Gasteiger partial charge in [-0.15, -0.1) is 0 Å². The van der Waals surface area contributed by atoms with Crippen molar-refractivity contribution in [2.45, 2.75) is 38.0 Å². The van der Waals surface area contributed by atoms with E-state index in [1.54, 1.807) is 55.7 Å². The number of aromatic nitrogens is 5. The summed E-state index contributed by atoms with van der Waals surface area (Å²) in [6.45, 7) is 5.48. The van der Waals surface area contributed by atoms with E-state index in [4.69, 9.17) is 0 Å². The van der Waals surface area contributed by atoms with Crippen LogP contribution in [0.15, 0.2) is 72.6 Å². The van der Waals surface area contributed by atoms with Crippen LogP contribution in [0.3, 0.4) is 0 Å². The number of imidazole rings is 1. The van der Waals surface area contributed by atoms with Crippen molar-refractivity contribution < 1.29 is 13.5 Å². The third-order valence-electron chi connectivity index (χ3n) is 7.40. The maximum atomic E-state index is 14.3. The fourth-order valence-corrected chi connectivity index (χ4v) is 7.33. The fourth-order valence-electron chi connectivity index (χ4n) is 5.51. The van der Waals surface area contributed by atoms with Crippen molar-refractivity contribution in [3.63, 3.8) is 0 Å². The smallest absolute Gasteiger partial charge is 0.248 e. The van der Waals surface area contributed by atoms with E-state index in [2.05, 4.69) is 26.2 Å². The van der Waals surface area contributed by atoms with E-state index in [0.717, 1.165) is 22.4 Å². The van der Waals surface area contributed by atoms with Crippen molar-refractivity contribution in [2.24, 2.45) is 0 Å². The lowest BCUT2D eigenvalue weighted by Crippen LogP contribution is -2.39. The SMILES string of the molecule is CC1=CC(C)(S(=O)(=O)n2ccc3c(C(O)c4nc5ccc(C#N)cc5[nH]4)ccc(C)c32)CC(c2ccn[nH]2)=C1. The molecule has 0 aliphatic heterocycles. The Balaban J connectivity index is 1.44. The van der Waals surface area contributed by atoms with E-state index >= 15 is 0 Å². The highest BCUT2D eigenvalue weighted by Gasteiger charge is 2.42. The van der Waals surface area contributed by atoms with Gasteiger partial charge in [-0.3, -0.25) is 5.10 Å². The van der Waals surface area contributed by atoms with Crippen molar-refractivity contribution in [3.8, 4) is 6.07 Å². The van der Waals surface area contributed by atoms with Crippen LogP contribution in [0.25, 0.3) is 27.5 Å². The molecule has 3 heterocycles. The molecule has 0 radical (unpaired) electrons. The van der Waals surface area contributed by atoms with Gasteiger partial charge in [0, 0.05) is 17.8 Å². The summed E-state index contributed by atoms with van der Waals surface area (Å²) in [6.07, 6.45) is 6.13. The van der Waals surface area contributed by atoms with Crippen LogP contribution in [0, 0.1) is 18.3 Å². The number of fused-ring (bicyclic) bond motifs is 2. The first-order chi connectivity index (χ1) is 18.6. The molecule has 5 aromatic rings. The monoisotopic (exact) mass is 538 g/mol. The second-order valence-electron chi connectivity index (χ2n) is 10.2. The Kier molecular flexibility index (Phi) is 5.61. The van der Waals surface area contributed by atoms with E-state index in [-0.39, 0.29) is 6.42 Å². The first-order valence-electron chi connectivity index (χ1n) is 12.4. The molecule has 0 amide bonds. The van der Waals surface area contributed by atoms with Gasteiger partial charge in [-0.1, -0.05) is 29.9 Å². The highest BCUT2D eigenvalue weighted by molar-refractivity contribution is 7.91. The number of allylic oxidation sites excluding steroid dienone is 3. The zero-order valence-electron chi connectivity index (χ0n) is 21.6. The van der Waals surface area contributed by atoms with Gasteiger partial charge in [-0.25, -0.2) is 17.4 Å². The van der Waals surface area contributed by atoms with Gasteiger partial charge in [-0.05, 0) is 74.2 Å². The summed E-state index contributed by atoms with van der Waals surface area (Å²) in [4.78, 5) is 7.62. The van der Waals surface area contributed by atoms with E-state index in [0.29, 0.717) is 38.9 Å². The zero-order chi connectivity index (χ0) is 27.5. The van der Waals surface area contributed by atoms with Gasteiger partial charge >= 0.3 is 0 Å². The lowest BCUT2D eigenvalue weighted by atomic mass is 9.90. The van der Waals surface area contributed by atoms with Crippen molar-refractivity contribution in [1.82, 2.24) is 24.1 Å². The van der Waals surface area contributed by atoms with Crippen molar-refractivity contribution in [3.05, 3.63) is 101 Å². The quantitative estimate of drug-likeness (QED) is 0.292. The molecular formula is C29H26N6O3S. The number of rotatable bonds is 5. The van der Waals surface area contributed by atoms with Crippen LogP contribution in [0.2, 0.25) is 0 Å². The van der Waals surface area contributed by atoms with E-state index < -0.39 is 20.9 Å². The van der Waals surface area contributed by atoms with Gasteiger partial charge in [-0.2, -0.15) is 10.4 Å². The van der Waals surface area contributed by atoms with Crippen molar-refractivity contribution in [2.75, 3.05) is 0 Å². The van der Waals surface area contributed by atoms with Gasteiger partial charge in [0.15, 0.2) is 0 Å². The molecule has 1 aliphatic carbocycles. The molecule has 196 valence electrons. The summed E-state index contributed by atoms with van der Waals surface area (Å²) in [5.74, 6) is 0.313. The summed E-state index contributed by atoms with van der Waals surface area (Å²) in [5.41, 5.74) is 6.07. The number of benzene rings is 2. The number of aliphatic hydroxyl groups excluding tert-OH is 1. The van der Waals surface area contributed by atoms with E-state index in [1.807, 2.05) is 32.1 Å². The van der Waals surface area contributed by atoms with Gasteiger partial charge in [0.2, 0.25) is 10.0 Å². The standard InChI is InChI=1S/C29H26N6O3S/c1-17-12-20(23-8-10-31-34-23)15-29(3,14-17)39(37,38)35-11-9-21-22(6-4-18(2)26(21)35)27(36)28-32-24-7-5-19(16-30)13-25(24)33-28/h4-14,27,36H,15H2,1-3H3,(H,31,34)(H,32,33). The molecule has 0 bridgehead atoms. The lowest BCUT2D eigenvalue weighted by Gasteiger charge is -2.31. The number of hydrogen-bond donors (Lipinski definition) is 3. The highest BCUT2D eigenvalue weighted by Crippen LogP contribution is 2.40. The van der Waals surface area contributed by atoms with Crippen LogP contribution in [-0.4, -0.2) is 42.4 Å². The zero-order valence-corrected chi connectivity index (χ0v) is 22.4. The normalized spacial score (nSPS) is 18.6. The van der Waals surface area contributed by atoms with Crippen molar-refractivity contribution in [1.29, 1.82) is 5.26 Å². The molecule has 0 fully saturated rings. The summed E-state index contributed by atoms with van der Waals surface area (Å²) >= 11 is 0. The maximum absolute atomic E-state index is 14.3. The number of aliphatic hydroxyl groups is 1. The van der Waals surface area contributed by atoms with Gasteiger partial charge in [0.05, 0.1) is 33.9 Å². The molecule has 0 saturated carbocycles. The molecule has 0 saturated heterocycles. The molecule has 10 heteroatoms. The number of nitriles is 1. The molecular weight excluding hydrogens is 512 g/mol. The fraction of sp³-hybridized carbons (Fsp3) is 0.207. The Morgan fingerprint density at radius 1 is 1.18 bits per heavy atom. The summed E-state index contributed by atoms with van der Waals surface area (Å²) in [6, 6.07) is 14.3. The number of nitrogens with one attached hydrogen (secondary N) is 2. The molecule has 9 nitrogen and oxygen atoms in total. The number of H-pyrrole nitrogens is 2. The average Bonchev–Trinajstić information content (AvgIpc) is 3.67. The Labute approximate surface area is 225 Å². The highest BCUT2D eigenvalue weighted by atomic mass is 32.2. The van der Waals surface area contributed by atoms with Crippen LogP contribution in [-0.2, 0) is 10.0 Å². The minimum atomic E-state index is -3.93. The molecule has 39 heavy (non-hydrogen) atoms. The van der Waals surface area contributed by atoms with Gasteiger partial charge < -0.3 is 10.1 Å². The average molecular weight is 539 g/mol. The minimum absolute atomic E-state index is 0.277. The first-order valence-corrected chi connectivity index (χ1v) is 13.9. The number of hydrogen-bond acceptors (Lipinski definition) is 6. The van der Waals surface area contributed by atoms with Gasteiger partial charge in [0.1, 0.15) is 16.7 Å².